The van der Waals surface area contributed by atoms with E-state index in [-0.39, 0.29) is 12.2 Å². The quantitative estimate of drug-likeness (QED) is 0.647. The number of nitro benzene ring substituents is 1. The van der Waals surface area contributed by atoms with Crippen LogP contribution in [0.2, 0.25) is 0 Å². The summed E-state index contributed by atoms with van der Waals surface area (Å²) in [7, 11) is 1.46. The van der Waals surface area contributed by atoms with Crippen molar-refractivity contribution in [3.63, 3.8) is 0 Å². The van der Waals surface area contributed by atoms with Crippen LogP contribution in [0.5, 0.6) is 0 Å². The number of nitrogens with zero attached hydrogens (tertiary/aromatic N) is 2. The second kappa shape index (κ2) is 5.54. The van der Waals surface area contributed by atoms with Crippen molar-refractivity contribution in [1.82, 2.24) is 4.90 Å². The first kappa shape index (κ1) is 14.0. The van der Waals surface area contributed by atoms with Crippen molar-refractivity contribution in [3.8, 4) is 0 Å². The molecule has 98 valence electrons. The molecule has 1 aromatic rings. The molecule has 0 radical (unpaired) electrons. The van der Waals surface area contributed by atoms with Crippen LogP contribution >= 0.6 is 0 Å². The third kappa shape index (κ3) is 2.80. The van der Waals surface area contributed by atoms with E-state index in [0.29, 0.717) is 0 Å². The maximum absolute atomic E-state index is 13.1. The van der Waals surface area contributed by atoms with Crippen molar-refractivity contribution < 1.29 is 19.2 Å². The Morgan fingerprint density at radius 1 is 1.61 bits per heavy atom. The zero-order valence-electron chi connectivity index (χ0n) is 9.96. The molecule has 0 aromatic heterocycles. The fourth-order valence-electron chi connectivity index (χ4n) is 1.31. The third-order valence-electron chi connectivity index (χ3n) is 2.64. The number of hydrogen-bond donors (Lipinski definition) is 1. The number of carbonyl (C=O) groups is 1. The summed E-state index contributed by atoms with van der Waals surface area (Å²) in [6, 6.07) is 2.51. The Morgan fingerprint density at radius 3 is 2.72 bits per heavy atom. The zero-order chi connectivity index (χ0) is 13.9. The third-order valence-corrected chi connectivity index (χ3v) is 2.64. The molecule has 7 heteroatoms. The van der Waals surface area contributed by atoms with Gasteiger partial charge in [-0.2, -0.15) is 4.39 Å². The van der Waals surface area contributed by atoms with Gasteiger partial charge in [-0.3, -0.25) is 14.9 Å². The molecule has 0 aliphatic carbocycles. The van der Waals surface area contributed by atoms with Crippen molar-refractivity contribution in [2.75, 3.05) is 13.7 Å². The van der Waals surface area contributed by atoms with Gasteiger partial charge in [-0.25, -0.2) is 0 Å². The van der Waals surface area contributed by atoms with Gasteiger partial charge in [-0.05, 0) is 19.1 Å². The summed E-state index contributed by atoms with van der Waals surface area (Å²) in [6.45, 7) is 1.39. The summed E-state index contributed by atoms with van der Waals surface area (Å²) in [5.41, 5.74) is -0.739. The van der Waals surface area contributed by atoms with Gasteiger partial charge in [-0.1, -0.05) is 0 Å². The first-order chi connectivity index (χ1) is 8.38. The number of hydrogen-bond acceptors (Lipinski definition) is 4. The van der Waals surface area contributed by atoms with E-state index in [4.69, 9.17) is 5.11 Å². The number of amides is 1. The maximum Gasteiger partial charge on any atom is 0.305 e. The molecule has 1 unspecified atom stereocenters. The lowest BCUT2D eigenvalue weighted by Crippen LogP contribution is -2.37. The SMILES string of the molecule is CC(CO)N(C)C(=O)c1ccc(F)c([N+](=O)[O-])c1. The van der Waals surface area contributed by atoms with Crippen LogP contribution in [0, 0.1) is 15.9 Å². The van der Waals surface area contributed by atoms with Crippen molar-refractivity contribution in [1.29, 1.82) is 0 Å². The molecule has 1 aromatic carbocycles. The molecule has 0 spiro atoms. The van der Waals surface area contributed by atoms with E-state index in [1.54, 1.807) is 6.92 Å². The smallest absolute Gasteiger partial charge is 0.305 e. The van der Waals surface area contributed by atoms with Gasteiger partial charge in [0.25, 0.3) is 5.91 Å². The second-order valence-corrected chi connectivity index (χ2v) is 3.87. The van der Waals surface area contributed by atoms with Crippen LogP contribution in [0.4, 0.5) is 10.1 Å². The predicted molar refractivity (Wildman–Crippen MR) is 61.7 cm³/mol. The van der Waals surface area contributed by atoms with Crippen LogP contribution in [0.25, 0.3) is 0 Å². The van der Waals surface area contributed by atoms with Crippen LogP contribution in [0.15, 0.2) is 18.2 Å². The molecule has 6 nitrogen and oxygen atoms in total. The summed E-state index contributed by atoms with van der Waals surface area (Å²) < 4.78 is 13.1. The highest BCUT2D eigenvalue weighted by Gasteiger charge is 2.21. The van der Waals surface area contributed by atoms with Crippen molar-refractivity contribution in [2.45, 2.75) is 13.0 Å². The van der Waals surface area contributed by atoms with E-state index in [1.807, 2.05) is 0 Å². The monoisotopic (exact) mass is 256 g/mol. The molecule has 0 aliphatic rings. The van der Waals surface area contributed by atoms with E-state index in [1.165, 1.54) is 18.0 Å². The van der Waals surface area contributed by atoms with Crippen LogP contribution < -0.4 is 0 Å². The van der Waals surface area contributed by atoms with Crippen molar-refractivity contribution in [3.05, 3.63) is 39.7 Å². The Kier molecular flexibility index (Phi) is 4.33. The minimum absolute atomic E-state index is 0.00546. The van der Waals surface area contributed by atoms with Crippen molar-refractivity contribution >= 4 is 11.6 Å². The van der Waals surface area contributed by atoms with Gasteiger partial charge in [-0.15, -0.1) is 0 Å². The minimum atomic E-state index is -0.991. The highest BCUT2D eigenvalue weighted by molar-refractivity contribution is 5.94. The molecule has 1 N–H and O–H groups in total. The largest absolute Gasteiger partial charge is 0.394 e. The van der Waals surface area contributed by atoms with Crippen LogP contribution in [-0.4, -0.2) is 40.5 Å². The normalized spacial score (nSPS) is 12.0. The summed E-state index contributed by atoms with van der Waals surface area (Å²) in [5.74, 6) is -1.51. The highest BCUT2D eigenvalue weighted by Crippen LogP contribution is 2.19. The van der Waals surface area contributed by atoms with Crippen LogP contribution in [-0.2, 0) is 0 Å². The lowest BCUT2D eigenvalue weighted by atomic mass is 10.1. The average Bonchev–Trinajstić information content (AvgIpc) is 2.36. The maximum atomic E-state index is 13.1. The van der Waals surface area contributed by atoms with Crippen LogP contribution in [0.3, 0.4) is 0 Å². The van der Waals surface area contributed by atoms with Gasteiger partial charge in [0, 0.05) is 18.7 Å². The average molecular weight is 256 g/mol. The Balaban J connectivity index is 3.07. The van der Waals surface area contributed by atoms with Crippen LogP contribution in [0.1, 0.15) is 17.3 Å². The summed E-state index contributed by atoms with van der Waals surface area (Å²) in [6.07, 6.45) is 0. The highest BCUT2D eigenvalue weighted by atomic mass is 19.1. The molecule has 1 amide bonds. The van der Waals surface area contributed by atoms with Gasteiger partial charge >= 0.3 is 5.69 Å². The first-order valence-corrected chi connectivity index (χ1v) is 5.20. The van der Waals surface area contributed by atoms with Gasteiger partial charge < -0.3 is 10.0 Å². The summed E-state index contributed by atoms with van der Waals surface area (Å²) in [4.78, 5) is 22.8. The topological polar surface area (TPSA) is 83.7 Å². The van der Waals surface area contributed by atoms with E-state index in [0.717, 1.165) is 12.1 Å². The zero-order valence-corrected chi connectivity index (χ0v) is 9.96. The number of aliphatic hydroxyl groups excluding tert-OH is 1. The Morgan fingerprint density at radius 2 is 2.22 bits per heavy atom. The van der Waals surface area contributed by atoms with E-state index < -0.39 is 28.4 Å². The number of benzene rings is 1. The van der Waals surface area contributed by atoms with E-state index in [9.17, 15) is 19.3 Å². The molecule has 0 saturated carbocycles. The lowest BCUT2D eigenvalue weighted by Gasteiger charge is -2.23. The van der Waals surface area contributed by atoms with Gasteiger partial charge in [0.1, 0.15) is 0 Å². The number of halogens is 1. The fourth-order valence-corrected chi connectivity index (χ4v) is 1.31. The molecular weight excluding hydrogens is 243 g/mol. The Hall–Kier alpha value is -2.02. The summed E-state index contributed by atoms with van der Waals surface area (Å²) >= 11 is 0. The van der Waals surface area contributed by atoms with Crippen molar-refractivity contribution in [2.24, 2.45) is 0 Å². The molecule has 1 rings (SSSR count). The first-order valence-electron chi connectivity index (χ1n) is 5.20. The number of aliphatic hydroxyl groups is 1. The number of carbonyl (C=O) groups excluding carboxylic acids is 1. The molecule has 0 saturated heterocycles. The number of rotatable bonds is 4. The molecule has 0 bridgehead atoms. The Labute approximate surface area is 103 Å². The molecule has 1 atom stereocenters. The Bertz CT molecular complexity index is 478. The molecule has 18 heavy (non-hydrogen) atoms. The molecular formula is C11H13FN2O4. The lowest BCUT2D eigenvalue weighted by molar-refractivity contribution is -0.387. The van der Waals surface area contributed by atoms with Gasteiger partial charge in [0.15, 0.2) is 0 Å². The molecule has 0 heterocycles. The molecule has 0 aliphatic heterocycles. The standard InChI is InChI=1S/C11H13FN2O4/c1-7(6-15)13(2)11(16)8-3-4-9(12)10(5-8)14(17)18/h3-5,7,15H,6H2,1-2H3. The second-order valence-electron chi connectivity index (χ2n) is 3.87. The van der Waals surface area contributed by atoms with Gasteiger partial charge in [0.2, 0.25) is 5.82 Å². The van der Waals surface area contributed by atoms with Gasteiger partial charge in [0.05, 0.1) is 17.6 Å². The number of likely N-dealkylation sites (N-methyl/N-ethyl adjacent to an activating group) is 1. The molecule has 0 fully saturated rings. The van der Waals surface area contributed by atoms with E-state index >= 15 is 0 Å². The minimum Gasteiger partial charge on any atom is -0.394 e. The number of nitro groups is 1. The predicted octanol–water partition coefficient (Wildman–Crippen LogP) is 1.19. The fraction of sp³-hybridized carbons (Fsp3) is 0.364. The van der Waals surface area contributed by atoms with E-state index in [2.05, 4.69) is 0 Å². The summed E-state index contributed by atoms with van der Waals surface area (Å²) in [5, 5.41) is 19.5.